The third-order valence-electron chi connectivity index (χ3n) is 6.49. The van der Waals surface area contributed by atoms with Crippen molar-refractivity contribution in [1.29, 1.82) is 0 Å². The molecular weight excluding hydrogens is 392 g/mol. The second-order valence-corrected chi connectivity index (χ2v) is 7.87. The molecule has 2 atom stereocenters. The minimum atomic E-state index is -1.45. The fourth-order valence-electron chi connectivity index (χ4n) is 5.03. The van der Waals surface area contributed by atoms with E-state index in [1.807, 2.05) is 6.07 Å². The maximum Gasteiger partial charge on any atom is 0.178 e. The number of methoxy groups -OCH3 is 2. The van der Waals surface area contributed by atoms with Gasteiger partial charge in [-0.15, -0.1) is 0 Å². The molecule has 1 fully saturated rings. The fraction of sp³-hybridized carbons (Fsp3) is 0.192. The van der Waals surface area contributed by atoms with Crippen molar-refractivity contribution in [2.45, 2.75) is 5.92 Å². The Morgan fingerprint density at radius 2 is 1.42 bits per heavy atom. The van der Waals surface area contributed by atoms with Crippen molar-refractivity contribution in [3.05, 3.63) is 95.1 Å². The summed E-state index contributed by atoms with van der Waals surface area (Å²) in [4.78, 5) is 40.8. The molecule has 0 radical (unpaired) electrons. The number of fused-ring (bicyclic) bond motifs is 1. The highest BCUT2D eigenvalue weighted by molar-refractivity contribution is 6.35. The van der Waals surface area contributed by atoms with Crippen LogP contribution >= 0.6 is 0 Å². The summed E-state index contributed by atoms with van der Waals surface area (Å²) in [5, 5.41) is 0. The van der Waals surface area contributed by atoms with Crippen LogP contribution in [-0.2, 0) is 0 Å². The van der Waals surface area contributed by atoms with Crippen LogP contribution < -0.4 is 9.47 Å². The summed E-state index contributed by atoms with van der Waals surface area (Å²) in [6.07, 6.45) is 0. The fourth-order valence-corrected chi connectivity index (χ4v) is 5.03. The summed E-state index contributed by atoms with van der Waals surface area (Å²) in [5.41, 5.74) is 0.417. The molecule has 0 aromatic heterocycles. The molecule has 3 aromatic carbocycles. The molecule has 3 aromatic rings. The molecule has 5 rings (SSSR count). The lowest BCUT2D eigenvalue weighted by Crippen LogP contribution is -2.23. The maximum atomic E-state index is 13.6. The first kappa shape index (κ1) is 19.2. The number of hydrogen-bond donors (Lipinski definition) is 0. The minimum Gasteiger partial charge on any atom is -0.497 e. The molecule has 5 nitrogen and oxygen atoms in total. The molecule has 0 amide bonds. The van der Waals surface area contributed by atoms with Gasteiger partial charge in [-0.05, 0) is 18.2 Å². The molecule has 0 bridgehead atoms. The molecule has 1 spiro atoms. The van der Waals surface area contributed by atoms with E-state index in [9.17, 15) is 14.4 Å². The Morgan fingerprint density at radius 3 is 2.00 bits per heavy atom. The van der Waals surface area contributed by atoms with Crippen molar-refractivity contribution >= 4 is 17.3 Å². The van der Waals surface area contributed by atoms with Gasteiger partial charge < -0.3 is 9.47 Å². The molecule has 154 valence electrons. The Hall–Kier alpha value is -3.73. The lowest BCUT2D eigenvalue weighted by molar-refractivity contribution is 0.0764. The third-order valence-corrected chi connectivity index (χ3v) is 6.49. The summed E-state index contributed by atoms with van der Waals surface area (Å²) >= 11 is 0. The first-order valence-corrected chi connectivity index (χ1v) is 10.1. The quantitative estimate of drug-likeness (QED) is 0.460. The Morgan fingerprint density at radius 1 is 0.806 bits per heavy atom. The third kappa shape index (κ3) is 2.53. The molecule has 2 aliphatic carbocycles. The zero-order chi connectivity index (χ0) is 21.8. The topological polar surface area (TPSA) is 69.7 Å². The van der Waals surface area contributed by atoms with E-state index >= 15 is 0 Å². The van der Waals surface area contributed by atoms with Crippen LogP contribution in [0.15, 0.2) is 72.8 Å². The number of Topliss-reactive ketones (excluding diaryl/α,β-unsaturated/α-hetero) is 3. The summed E-state index contributed by atoms with van der Waals surface area (Å²) in [6, 6.07) is 20.8. The highest BCUT2D eigenvalue weighted by atomic mass is 16.5. The van der Waals surface area contributed by atoms with Crippen molar-refractivity contribution < 1.29 is 23.9 Å². The molecule has 0 aliphatic heterocycles. The van der Waals surface area contributed by atoms with E-state index in [1.165, 1.54) is 7.11 Å². The van der Waals surface area contributed by atoms with Gasteiger partial charge >= 0.3 is 0 Å². The Bertz CT molecular complexity index is 1190. The Balaban J connectivity index is 1.71. The standard InChI is InChI=1S/C26H20O5/c1-30-16-12-13-20(31-2)19(14-16)21-22(23(27)15-8-4-3-5-9-15)26(21)24(28)17-10-6-7-11-18(17)25(26)29/h3-14,21-22H,1-2H3/t21-,22+/m0/s1. The molecule has 2 aliphatic rings. The van der Waals surface area contributed by atoms with Crippen molar-refractivity contribution in [3.8, 4) is 11.5 Å². The zero-order valence-electron chi connectivity index (χ0n) is 17.1. The van der Waals surface area contributed by atoms with E-state index in [0.717, 1.165) is 0 Å². The average Bonchev–Trinajstić information content (AvgIpc) is 3.48. The molecule has 5 heteroatoms. The van der Waals surface area contributed by atoms with Crippen molar-refractivity contribution in [1.82, 2.24) is 0 Å². The van der Waals surface area contributed by atoms with Crippen LogP contribution in [0.4, 0.5) is 0 Å². The Kier molecular flexibility index (Phi) is 4.29. The number of ketones is 3. The minimum absolute atomic E-state index is 0.218. The van der Waals surface area contributed by atoms with Gasteiger partial charge in [-0.25, -0.2) is 0 Å². The number of hydrogen-bond acceptors (Lipinski definition) is 5. The highest BCUT2D eigenvalue weighted by Gasteiger charge is 2.79. The lowest BCUT2D eigenvalue weighted by Gasteiger charge is -2.12. The van der Waals surface area contributed by atoms with Gasteiger partial charge in [0.2, 0.25) is 0 Å². The first-order chi connectivity index (χ1) is 15.1. The van der Waals surface area contributed by atoms with E-state index in [1.54, 1.807) is 73.8 Å². The molecule has 31 heavy (non-hydrogen) atoms. The van der Waals surface area contributed by atoms with Crippen LogP contribution in [-0.4, -0.2) is 31.6 Å². The van der Waals surface area contributed by atoms with Crippen LogP contribution in [0.2, 0.25) is 0 Å². The van der Waals surface area contributed by atoms with Crippen molar-refractivity contribution in [3.63, 3.8) is 0 Å². The number of benzene rings is 3. The summed E-state index contributed by atoms with van der Waals surface area (Å²) < 4.78 is 10.9. The number of ether oxygens (including phenoxy) is 2. The molecule has 0 saturated heterocycles. The normalized spacial score (nSPS) is 20.5. The molecule has 1 saturated carbocycles. The smallest absolute Gasteiger partial charge is 0.178 e. The van der Waals surface area contributed by atoms with E-state index in [0.29, 0.717) is 33.8 Å². The summed E-state index contributed by atoms with van der Waals surface area (Å²) in [6.45, 7) is 0. The Labute approximate surface area is 179 Å². The second kappa shape index (κ2) is 6.91. The van der Waals surface area contributed by atoms with E-state index in [2.05, 4.69) is 0 Å². The van der Waals surface area contributed by atoms with Gasteiger partial charge in [0.1, 0.15) is 16.9 Å². The molecular formula is C26H20O5. The van der Waals surface area contributed by atoms with Gasteiger partial charge in [0.05, 0.1) is 20.1 Å². The summed E-state index contributed by atoms with van der Waals surface area (Å²) in [5.74, 6) is -1.15. The zero-order valence-corrected chi connectivity index (χ0v) is 17.1. The maximum absolute atomic E-state index is 13.6. The predicted octanol–water partition coefficient (Wildman–Crippen LogP) is 4.37. The number of rotatable bonds is 5. The van der Waals surface area contributed by atoms with Gasteiger partial charge in [0.25, 0.3) is 0 Å². The highest BCUT2D eigenvalue weighted by Crippen LogP contribution is 2.72. The van der Waals surface area contributed by atoms with Crippen LogP contribution in [0.5, 0.6) is 11.5 Å². The van der Waals surface area contributed by atoms with Crippen LogP contribution in [0, 0.1) is 11.3 Å². The number of carbonyl (C=O) groups excluding carboxylic acids is 3. The van der Waals surface area contributed by atoms with Gasteiger partial charge in [-0.3, -0.25) is 14.4 Å². The molecule has 0 unspecified atom stereocenters. The average molecular weight is 412 g/mol. The molecule has 0 N–H and O–H groups in total. The van der Waals surface area contributed by atoms with Gasteiger partial charge in [-0.1, -0.05) is 54.6 Å². The van der Waals surface area contributed by atoms with Crippen molar-refractivity contribution in [2.75, 3.05) is 14.2 Å². The lowest BCUT2D eigenvalue weighted by atomic mass is 9.91. The van der Waals surface area contributed by atoms with E-state index in [4.69, 9.17) is 9.47 Å². The SMILES string of the molecule is COc1ccc(OC)c([C@H]2[C@H](C(=O)c3ccccc3)C23C(=O)c2ccccc2C3=O)c1. The van der Waals surface area contributed by atoms with E-state index in [-0.39, 0.29) is 17.3 Å². The number of carbonyl (C=O) groups is 3. The van der Waals surface area contributed by atoms with Crippen LogP contribution in [0.25, 0.3) is 0 Å². The van der Waals surface area contributed by atoms with Gasteiger partial charge in [-0.2, -0.15) is 0 Å². The van der Waals surface area contributed by atoms with E-state index < -0.39 is 17.3 Å². The molecule has 0 heterocycles. The summed E-state index contributed by atoms with van der Waals surface area (Å²) in [7, 11) is 3.07. The van der Waals surface area contributed by atoms with Gasteiger partial charge in [0, 0.05) is 28.2 Å². The monoisotopic (exact) mass is 412 g/mol. The predicted molar refractivity (Wildman–Crippen MR) is 114 cm³/mol. The largest absolute Gasteiger partial charge is 0.497 e. The van der Waals surface area contributed by atoms with Gasteiger partial charge in [0.15, 0.2) is 17.3 Å². The van der Waals surface area contributed by atoms with Crippen LogP contribution in [0.1, 0.15) is 42.6 Å². The second-order valence-electron chi connectivity index (χ2n) is 7.87. The van der Waals surface area contributed by atoms with Crippen molar-refractivity contribution in [2.24, 2.45) is 11.3 Å². The van der Waals surface area contributed by atoms with Crippen LogP contribution in [0.3, 0.4) is 0 Å². The first-order valence-electron chi connectivity index (χ1n) is 10.1.